The molecule has 0 saturated carbocycles. The lowest BCUT2D eigenvalue weighted by Gasteiger charge is -1.96. The summed E-state index contributed by atoms with van der Waals surface area (Å²) in [5, 5.41) is 16.4. The van der Waals surface area contributed by atoms with Crippen molar-refractivity contribution in [3.63, 3.8) is 0 Å². The fourth-order valence-corrected chi connectivity index (χ4v) is 1.24. The minimum absolute atomic E-state index is 0.181. The molecule has 0 heterocycles. The molecule has 2 unspecified atom stereocenters. The van der Waals surface area contributed by atoms with Crippen LogP contribution in [-0.2, 0) is 9.59 Å². The molecule has 0 amide bonds. The van der Waals surface area contributed by atoms with Crippen molar-refractivity contribution in [3.8, 4) is 0 Å². The predicted molar refractivity (Wildman–Crippen MR) is 89.3 cm³/mol. The Morgan fingerprint density at radius 3 is 1.85 bits per heavy atom. The maximum atomic E-state index is 9.99. The molecule has 0 aliphatic carbocycles. The maximum Gasteiger partial charge on any atom is 0.310 e. The van der Waals surface area contributed by atoms with Gasteiger partial charge in [0.2, 0.25) is 0 Å². The van der Waals surface area contributed by atoms with Gasteiger partial charge >= 0.3 is 11.9 Å². The monoisotopic (exact) mass is 322 g/mol. The normalized spacial score (nSPS) is 11.4. The lowest BCUT2D eigenvalue weighted by molar-refractivity contribution is -0.141. The molecule has 4 nitrogen and oxygen atoms in total. The fraction of sp³-hybridized carbons (Fsp3) is 0.643. The third kappa shape index (κ3) is 22.3. The number of hydrogen-bond donors (Lipinski definition) is 3. The molecular formula is C14H26O4S2. The largest absolute Gasteiger partial charge is 0.481 e. The van der Waals surface area contributed by atoms with Crippen LogP contribution in [0.1, 0.15) is 40.5 Å². The maximum absolute atomic E-state index is 9.99. The van der Waals surface area contributed by atoms with Crippen LogP contribution >= 0.6 is 22.5 Å². The Morgan fingerprint density at radius 1 is 1.30 bits per heavy atom. The van der Waals surface area contributed by atoms with Gasteiger partial charge in [0.05, 0.1) is 11.8 Å². The molecule has 2 atom stereocenters. The molecule has 118 valence electrons. The molecule has 6 heteroatoms. The molecule has 20 heavy (non-hydrogen) atoms. The lowest BCUT2D eigenvalue weighted by atomic mass is 10.1. The van der Waals surface area contributed by atoms with Gasteiger partial charge in [0, 0.05) is 5.75 Å². The van der Waals surface area contributed by atoms with Crippen molar-refractivity contribution in [2.45, 2.75) is 40.5 Å². The van der Waals surface area contributed by atoms with Gasteiger partial charge in [0.15, 0.2) is 0 Å². The summed E-state index contributed by atoms with van der Waals surface area (Å²) < 4.78 is 0. The van der Waals surface area contributed by atoms with Crippen LogP contribution in [0.5, 0.6) is 0 Å². The first-order chi connectivity index (χ1) is 9.28. The van der Waals surface area contributed by atoms with Gasteiger partial charge in [-0.25, -0.2) is 0 Å². The fourth-order valence-electron chi connectivity index (χ4n) is 0.514. The van der Waals surface area contributed by atoms with E-state index >= 15 is 0 Å². The summed E-state index contributed by atoms with van der Waals surface area (Å²) >= 11 is 3.92. The smallest absolute Gasteiger partial charge is 0.310 e. The van der Waals surface area contributed by atoms with E-state index in [0.29, 0.717) is 0 Å². The molecule has 0 aromatic rings. The lowest BCUT2D eigenvalue weighted by Crippen LogP contribution is -2.06. The Hall–Kier alpha value is -0.840. The van der Waals surface area contributed by atoms with Gasteiger partial charge in [-0.2, -0.15) is 0 Å². The van der Waals surface area contributed by atoms with E-state index < -0.39 is 17.9 Å². The van der Waals surface area contributed by atoms with Gasteiger partial charge in [-0.15, -0.1) is 17.4 Å². The van der Waals surface area contributed by atoms with Crippen LogP contribution in [0.2, 0.25) is 0 Å². The van der Waals surface area contributed by atoms with Crippen LogP contribution in [0, 0.1) is 11.8 Å². The van der Waals surface area contributed by atoms with E-state index in [1.807, 2.05) is 6.92 Å². The average Bonchev–Trinajstić information content (AvgIpc) is 2.40. The molecule has 0 aromatic carbocycles. The topological polar surface area (TPSA) is 74.6 Å². The van der Waals surface area contributed by atoms with Gasteiger partial charge in [-0.3, -0.25) is 9.59 Å². The Bertz CT molecular complexity index is 296. The number of rotatable bonds is 6. The molecule has 0 spiro atoms. The average molecular weight is 322 g/mol. The highest BCUT2D eigenvalue weighted by atomic mass is 33.1. The van der Waals surface area contributed by atoms with Crippen LogP contribution in [0.3, 0.4) is 0 Å². The second-order valence-corrected chi connectivity index (χ2v) is 5.42. The highest BCUT2D eigenvalue weighted by Crippen LogP contribution is 2.04. The first kappa shape index (κ1) is 24.2. The highest BCUT2D eigenvalue weighted by molar-refractivity contribution is 8.68. The van der Waals surface area contributed by atoms with Crippen molar-refractivity contribution in [1.29, 1.82) is 0 Å². The molecule has 0 rings (SSSR count). The minimum Gasteiger partial charge on any atom is -0.481 e. The zero-order chi connectivity index (χ0) is 16.6. The number of aliphatic carboxylic acids is 2. The summed E-state index contributed by atoms with van der Waals surface area (Å²) in [7, 11) is 1.60. The van der Waals surface area contributed by atoms with Crippen LogP contribution < -0.4 is 0 Å². The summed E-state index contributed by atoms with van der Waals surface area (Å²) in [6, 6.07) is 0. The molecule has 0 radical (unpaired) electrons. The highest BCUT2D eigenvalue weighted by Gasteiger charge is 2.05. The minimum atomic E-state index is -0.846. The number of thiol groups is 1. The molecule has 0 aliphatic heterocycles. The van der Waals surface area contributed by atoms with Crippen LogP contribution in [0.4, 0.5) is 0 Å². The summed E-state index contributed by atoms with van der Waals surface area (Å²) in [6.45, 7) is 10.5. The molecule has 0 fully saturated rings. The first-order valence-corrected chi connectivity index (χ1v) is 8.39. The van der Waals surface area contributed by atoms with E-state index in [0.717, 1.165) is 6.42 Å². The third-order valence-corrected chi connectivity index (χ3v) is 3.23. The van der Waals surface area contributed by atoms with Crippen molar-refractivity contribution >= 4 is 34.4 Å². The zero-order valence-corrected chi connectivity index (χ0v) is 14.3. The van der Waals surface area contributed by atoms with Gasteiger partial charge in [0.25, 0.3) is 0 Å². The van der Waals surface area contributed by atoms with Crippen molar-refractivity contribution in [1.82, 2.24) is 0 Å². The van der Waals surface area contributed by atoms with Crippen LogP contribution in [0.15, 0.2) is 18.4 Å². The summed E-state index contributed by atoms with van der Waals surface area (Å²) in [6.07, 6.45) is 3.35. The van der Waals surface area contributed by atoms with Crippen molar-refractivity contribution in [2.24, 2.45) is 11.8 Å². The van der Waals surface area contributed by atoms with E-state index in [9.17, 15) is 9.59 Å². The van der Waals surface area contributed by atoms with E-state index in [-0.39, 0.29) is 5.92 Å². The molecule has 0 bridgehead atoms. The Labute approximate surface area is 131 Å². The summed E-state index contributed by atoms with van der Waals surface area (Å²) in [5.41, 5.74) is 2.39. The van der Waals surface area contributed by atoms with Crippen molar-refractivity contribution < 1.29 is 19.8 Å². The Morgan fingerprint density at radius 2 is 1.80 bits per heavy atom. The van der Waals surface area contributed by atoms with Gasteiger partial charge in [-0.05, 0) is 25.8 Å². The number of carbonyl (C=O) groups is 2. The molecule has 2 N–H and O–H groups in total. The van der Waals surface area contributed by atoms with Gasteiger partial charge in [0.1, 0.15) is 0 Å². The first-order valence-electron chi connectivity index (χ1n) is 6.36. The Balaban J connectivity index is -0.000000223. The SMILES string of the molecule is C=C=CC(C)C(=O)O.CCC(C)C(=O)O.CCCSS. The molecule has 0 saturated heterocycles. The second kappa shape index (κ2) is 18.2. The van der Waals surface area contributed by atoms with Crippen molar-refractivity contribution in [2.75, 3.05) is 5.75 Å². The number of carboxylic acids is 2. The molecular weight excluding hydrogens is 296 g/mol. The Kier molecular flexibility index (Phi) is 22.0. The number of carboxylic acid groups (broad SMARTS) is 2. The molecule has 0 aliphatic rings. The summed E-state index contributed by atoms with van der Waals surface area (Å²) in [4.78, 5) is 19.9. The van der Waals surface area contributed by atoms with Crippen molar-refractivity contribution in [3.05, 3.63) is 18.4 Å². The van der Waals surface area contributed by atoms with Gasteiger partial charge < -0.3 is 10.2 Å². The van der Waals surface area contributed by atoms with E-state index in [2.05, 4.69) is 30.9 Å². The van der Waals surface area contributed by atoms with E-state index in [1.165, 1.54) is 18.2 Å². The predicted octanol–water partition coefficient (Wildman–Crippen LogP) is 4.14. The third-order valence-electron chi connectivity index (χ3n) is 2.09. The van der Waals surface area contributed by atoms with E-state index in [4.69, 9.17) is 10.2 Å². The van der Waals surface area contributed by atoms with E-state index in [1.54, 1.807) is 24.6 Å². The number of hydrogen-bond acceptors (Lipinski definition) is 4. The molecule has 0 aromatic heterocycles. The van der Waals surface area contributed by atoms with Crippen LogP contribution in [0.25, 0.3) is 0 Å². The van der Waals surface area contributed by atoms with Gasteiger partial charge in [-0.1, -0.05) is 38.1 Å². The summed E-state index contributed by atoms with van der Waals surface area (Å²) in [5.74, 6) is -1.03. The zero-order valence-electron chi connectivity index (χ0n) is 12.6. The standard InChI is InChI=1S/C6H8O2.C5H10O2.C3H8S2/c1-3-4-5(2)6(7)8;1-3-4(2)5(6)7;1-2-3-5-4/h4-5H,1H2,2H3,(H,7,8);4H,3H2,1-2H3,(H,6,7);4H,2-3H2,1H3. The quantitative estimate of drug-likeness (QED) is 0.389. The van der Waals surface area contributed by atoms with Crippen LogP contribution in [-0.4, -0.2) is 27.9 Å². The second-order valence-electron chi connectivity index (χ2n) is 3.98.